The van der Waals surface area contributed by atoms with E-state index in [1.54, 1.807) is 6.92 Å². The van der Waals surface area contributed by atoms with Gasteiger partial charge in [0.25, 0.3) is 0 Å². The number of hydrogen-bond acceptors (Lipinski definition) is 2. The van der Waals surface area contributed by atoms with Gasteiger partial charge in [0.2, 0.25) is 0 Å². The molecule has 12 heavy (non-hydrogen) atoms. The van der Waals surface area contributed by atoms with Crippen LogP contribution in [0.25, 0.3) is 0 Å². The molecule has 0 heterocycles. The number of hydrogen-bond donors (Lipinski definition) is 0. The highest BCUT2D eigenvalue weighted by atomic mass is 32.2. The molecule has 0 bridgehead atoms. The third kappa shape index (κ3) is 2.51. The van der Waals surface area contributed by atoms with Crippen LogP contribution >= 0.6 is 11.8 Å². The van der Waals surface area contributed by atoms with E-state index in [2.05, 4.69) is 13.8 Å². The Morgan fingerprint density at radius 3 is 2.67 bits per heavy atom. The molecule has 0 saturated heterocycles. The third-order valence-electron chi connectivity index (χ3n) is 2.65. The van der Waals surface area contributed by atoms with Crippen LogP contribution in [-0.4, -0.2) is 16.8 Å². The molecule has 1 rings (SSSR count). The van der Waals surface area contributed by atoms with Gasteiger partial charge in [-0.3, -0.25) is 4.79 Å². The summed E-state index contributed by atoms with van der Waals surface area (Å²) in [6, 6.07) is 0. The summed E-state index contributed by atoms with van der Waals surface area (Å²) < 4.78 is 0. The molecular formula is C10H18OS. The van der Waals surface area contributed by atoms with Crippen molar-refractivity contribution in [1.82, 2.24) is 0 Å². The molecule has 0 amide bonds. The van der Waals surface area contributed by atoms with Crippen molar-refractivity contribution in [1.29, 1.82) is 0 Å². The van der Waals surface area contributed by atoms with E-state index in [1.165, 1.54) is 19.3 Å². The molecule has 2 heteroatoms. The van der Waals surface area contributed by atoms with E-state index in [0.29, 0.717) is 22.2 Å². The molecule has 0 spiro atoms. The average molecular weight is 186 g/mol. The molecular weight excluding hydrogens is 168 g/mol. The molecule has 1 fully saturated rings. The molecule has 1 aliphatic carbocycles. The van der Waals surface area contributed by atoms with Gasteiger partial charge in [0, 0.05) is 5.25 Å². The van der Waals surface area contributed by atoms with Gasteiger partial charge in [0.05, 0.1) is 5.75 Å². The first-order chi connectivity index (χ1) is 5.52. The predicted molar refractivity (Wildman–Crippen MR) is 54.6 cm³/mol. The molecule has 1 unspecified atom stereocenters. The minimum absolute atomic E-state index is 0.308. The van der Waals surface area contributed by atoms with Gasteiger partial charge in [-0.2, -0.15) is 11.8 Å². The zero-order chi connectivity index (χ0) is 9.19. The maximum atomic E-state index is 10.8. The second-order valence-electron chi connectivity index (χ2n) is 4.38. The Morgan fingerprint density at radius 2 is 2.25 bits per heavy atom. The van der Waals surface area contributed by atoms with Gasteiger partial charge in [-0.1, -0.05) is 20.3 Å². The smallest absolute Gasteiger partial charge is 0.139 e. The van der Waals surface area contributed by atoms with Crippen LogP contribution in [0.4, 0.5) is 0 Å². The van der Waals surface area contributed by atoms with Gasteiger partial charge < -0.3 is 0 Å². The molecule has 1 aliphatic rings. The van der Waals surface area contributed by atoms with Crippen LogP contribution in [0.5, 0.6) is 0 Å². The van der Waals surface area contributed by atoms with Gasteiger partial charge in [-0.15, -0.1) is 0 Å². The highest BCUT2D eigenvalue weighted by Crippen LogP contribution is 2.44. The van der Waals surface area contributed by atoms with Gasteiger partial charge in [-0.25, -0.2) is 0 Å². The van der Waals surface area contributed by atoms with Crippen LogP contribution in [0.1, 0.15) is 40.0 Å². The Balaban J connectivity index is 2.36. The van der Waals surface area contributed by atoms with Crippen LogP contribution in [0.15, 0.2) is 0 Å². The number of carbonyl (C=O) groups is 1. The van der Waals surface area contributed by atoms with Crippen molar-refractivity contribution in [3.8, 4) is 0 Å². The molecule has 0 aromatic carbocycles. The molecule has 1 atom stereocenters. The number of ketones is 1. The normalized spacial score (nSPS) is 27.4. The summed E-state index contributed by atoms with van der Waals surface area (Å²) in [6.45, 7) is 6.31. The lowest BCUT2D eigenvalue weighted by atomic mass is 9.92. The first-order valence-electron chi connectivity index (χ1n) is 4.63. The molecule has 1 saturated carbocycles. The molecule has 0 N–H and O–H groups in total. The number of Topliss-reactive ketones (excluding diaryl/α,β-unsaturated/α-hetero) is 1. The van der Waals surface area contributed by atoms with Crippen molar-refractivity contribution in [3.05, 3.63) is 0 Å². The van der Waals surface area contributed by atoms with Crippen molar-refractivity contribution in [2.24, 2.45) is 5.41 Å². The lowest BCUT2D eigenvalue weighted by Gasteiger charge is -2.25. The Hall–Kier alpha value is 0.0200. The summed E-state index contributed by atoms with van der Waals surface area (Å²) in [5.74, 6) is 1.01. The Kier molecular flexibility index (Phi) is 3.22. The summed E-state index contributed by atoms with van der Waals surface area (Å²) in [4.78, 5) is 10.8. The SMILES string of the molecule is CC(=O)CSC1CCCC1(C)C. The molecule has 0 aromatic heterocycles. The second-order valence-corrected chi connectivity index (χ2v) is 5.57. The Morgan fingerprint density at radius 1 is 1.58 bits per heavy atom. The van der Waals surface area contributed by atoms with Crippen molar-refractivity contribution >= 4 is 17.5 Å². The predicted octanol–water partition coefficient (Wildman–Crippen LogP) is 2.89. The minimum atomic E-state index is 0.308. The van der Waals surface area contributed by atoms with E-state index >= 15 is 0 Å². The van der Waals surface area contributed by atoms with Gasteiger partial charge >= 0.3 is 0 Å². The molecule has 0 aliphatic heterocycles. The van der Waals surface area contributed by atoms with Crippen molar-refractivity contribution in [3.63, 3.8) is 0 Å². The van der Waals surface area contributed by atoms with Gasteiger partial charge in [-0.05, 0) is 25.2 Å². The van der Waals surface area contributed by atoms with Crippen LogP contribution < -0.4 is 0 Å². The minimum Gasteiger partial charge on any atom is -0.299 e. The lowest BCUT2D eigenvalue weighted by Crippen LogP contribution is -2.20. The standard InChI is InChI=1S/C10H18OS/c1-8(11)7-12-9-5-4-6-10(9,2)3/h9H,4-7H2,1-3H3. The second kappa shape index (κ2) is 3.82. The average Bonchev–Trinajstić information content (AvgIpc) is 2.25. The Labute approximate surface area is 79.3 Å². The summed E-state index contributed by atoms with van der Waals surface area (Å²) >= 11 is 1.85. The zero-order valence-electron chi connectivity index (χ0n) is 8.22. The summed E-state index contributed by atoms with van der Waals surface area (Å²) in [6.07, 6.45) is 3.95. The molecule has 70 valence electrons. The molecule has 1 nitrogen and oxygen atoms in total. The fraction of sp³-hybridized carbons (Fsp3) is 0.900. The monoisotopic (exact) mass is 186 g/mol. The first-order valence-corrected chi connectivity index (χ1v) is 5.68. The van der Waals surface area contributed by atoms with Crippen LogP contribution in [0, 0.1) is 5.41 Å². The fourth-order valence-corrected chi connectivity index (χ4v) is 3.16. The fourth-order valence-electron chi connectivity index (χ4n) is 1.82. The zero-order valence-corrected chi connectivity index (χ0v) is 9.04. The summed E-state index contributed by atoms with van der Waals surface area (Å²) in [5, 5.41) is 0.710. The van der Waals surface area contributed by atoms with Crippen molar-refractivity contribution < 1.29 is 4.79 Å². The van der Waals surface area contributed by atoms with E-state index in [0.717, 1.165) is 0 Å². The highest BCUT2D eigenvalue weighted by Gasteiger charge is 2.34. The molecule has 0 radical (unpaired) electrons. The first kappa shape index (κ1) is 10.1. The van der Waals surface area contributed by atoms with Crippen molar-refractivity contribution in [2.75, 3.05) is 5.75 Å². The van der Waals surface area contributed by atoms with E-state index < -0.39 is 0 Å². The van der Waals surface area contributed by atoms with Crippen LogP contribution in [-0.2, 0) is 4.79 Å². The largest absolute Gasteiger partial charge is 0.299 e. The van der Waals surface area contributed by atoms with Crippen LogP contribution in [0.2, 0.25) is 0 Å². The number of carbonyl (C=O) groups excluding carboxylic acids is 1. The third-order valence-corrected chi connectivity index (χ3v) is 4.50. The number of thioether (sulfide) groups is 1. The summed E-state index contributed by atoms with van der Waals surface area (Å²) in [5.41, 5.74) is 0.458. The Bertz CT molecular complexity index is 175. The number of rotatable bonds is 3. The summed E-state index contributed by atoms with van der Waals surface area (Å²) in [7, 11) is 0. The van der Waals surface area contributed by atoms with Crippen molar-refractivity contribution in [2.45, 2.75) is 45.3 Å². The van der Waals surface area contributed by atoms with Gasteiger partial charge in [0.15, 0.2) is 0 Å². The highest BCUT2D eigenvalue weighted by molar-refractivity contribution is 8.00. The van der Waals surface area contributed by atoms with E-state index in [-0.39, 0.29) is 0 Å². The topological polar surface area (TPSA) is 17.1 Å². The molecule has 0 aromatic rings. The maximum Gasteiger partial charge on any atom is 0.139 e. The van der Waals surface area contributed by atoms with E-state index in [9.17, 15) is 4.79 Å². The van der Waals surface area contributed by atoms with E-state index in [1.807, 2.05) is 11.8 Å². The maximum absolute atomic E-state index is 10.8. The lowest BCUT2D eigenvalue weighted by molar-refractivity contribution is -0.114. The quantitative estimate of drug-likeness (QED) is 0.674. The van der Waals surface area contributed by atoms with Crippen LogP contribution in [0.3, 0.4) is 0 Å². The van der Waals surface area contributed by atoms with E-state index in [4.69, 9.17) is 0 Å². The van der Waals surface area contributed by atoms with Gasteiger partial charge in [0.1, 0.15) is 5.78 Å².